The Morgan fingerprint density at radius 1 is 0.973 bits per heavy atom. The van der Waals surface area contributed by atoms with E-state index in [1.807, 2.05) is 12.1 Å². The highest BCUT2D eigenvalue weighted by atomic mass is 19.4. The van der Waals surface area contributed by atoms with Gasteiger partial charge < -0.3 is 21.6 Å². The van der Waals surface area contributed by atoms with Crippen LogP contribution in [0.25, 0.3) is 0 Å². The van der Waals surface area contributed by atoms with Crippen LogP contribution < -0.4 is 16.8 Å². The number of hydrogen-bond acceptors (Lipinski definition) is 6. The summed E-state index contributed by atoms with van der Waals surface area (Å²) in [6.45, 7) is -0.704. The average molecular weight is 521 g/mol. The monoisotopic (exact) mass is 520 g/mol. The lowest BCUT2D eigenvalue weighted by atomic mass is 9.84. The highest BCUT2D eigenvalue weighted by Gasteiger charge is 2.52. The molecule has 0 bridgehead atoms. The minimum atomic E-state index is -5.40. The molecule has 8 nitrogen and oxygen atoms in total. The number of alkyl halides is 3. The van der Waals surface area contributed by atoms with Crippen molar-refractivity contribution >= 4 is 23.5 Å². The van der Waals surface area contributed by atoms with E-state index in [1.54, 1.807) is 36.4 Å². The second-order valence-corrected chi connectivity index (χ2v) is 8.97. The Morgan fingerprint density at radius 3 is 2.32 bits per heavy atom. The predicted molar refractivity (Wildman–Crippen MR) is 131 cm³/mol. The first kappa shape index (κ1) is 28.1. The van der Waals surface area contributed by atoms with Crippen molar-refractivity contribution in [1.29, 1.82) is 0 Å². The van der Waals surface area contributed by atoms with Crippen molar-refractivity contribution in [2.24, 2.45) is 11.5 Å². The first-order valence-corrected chi connectivity index (χ1v) is 12.1. The Hall–Kier alpha value is -3.44. The molecule has 1 aliphatic rings. The van der Waals surface area contributed by atoms with Gasteiger partial charge in [-0.25, -0.2) is 4.79 Å². The van der Waals surface area contributed by atoms with Crippen LogP contribution in [-0.2, 0) is 38.5 Å². The van der Waals surface area contributed by atoms with E-state index in [2.05, 4.69) is 10.2 Å². The summed E-state index contributed by atoms with van der Waals surface area (Å²) in [5, 5.41) is 2.95. The zero-order valence-corrected chi connectivity index (χ0v) is 20.4. The fourth-order valence-corrected chi connectivity index (χ4v) is 4.53. The second kappa shape index (κ2) is 12.2. The topological polar surface area (TPSA) is 128 Å². The largest absolute Gasteiger partial charge is 0.493 e. The lowest BCUT2D eigenvalue weighted by Gasteiger charge is -2.40. The van der Waals surface area contributed by atoms with Crippen LogP contribution in [0.15, 0.2) is 48.5 Å². The molecule has 0 unspecified atom stereocenters. The van der Waals surface area contributed by atoms with Gasteiger partial charge in [0.25, 0.3) is 11.8 Å². The molecule has 0 spiro atoms. The summed E-state index contributed by atoms with van der Waals surface area (Å²) in [5.74, 6) is -4.57. The number of fused-ring (bicyclic) bond motifs is 1. The summed E-state index contributed by atoms with van der Waals surface area (Å²) in [6, 6.07) is 14.3. The number of amides is 2. The molecule has 2 aromatic carbocycles. The van der Waals surface area contributed by atoms with Crippen LogP contribution in [0.1, 0.15) is 42.4 Å². The minimum absolute atomic E-state index is 0.0804. The smallest absolute Gasteiger partial charge is 0.330 e. The maximum atomic E-state index is 13.9. The van der Waals surface area contributed by atoms with Gasteiger partial charge in [0.15, 0.2) is 5.54 Å². The molecule has 0 saturated heterocycles. The van der Waals surface area contributed by atoms with Crippen LogP contribution >= 0.6 is 0 Å². The fraction of sp³-hybridized carbons (Fsp3) is 0.423. The number of nitrogens with one attached hydrogen (secondary N) is 1. The van der Waals surface area contributed by atoms with Gasteiger partial charge in [-0.1, -0.05) is 36.4 Å². The van der Waals surface area contributed by atoms with Gasteiger partial charge in [-0.05, 0) is 80.3 Å². The Bertz CT molecular complexity index is 1110. The first-order valence-electron chi connectivity index (χ1n) is 12.1. The highest BCUT2D eigenvalue weighted by Crippen LogP contribution is 2.33. The van der Waals surface area contributed by atoms with Crippen LogP contribution in [-0.4, -0.2) is 47.7 Å². The average Bonchev–Trinajstić information content (AvgIpc) is 3.35. The van der Waals surface area contributed by atoms with Crippen molar-refractivity contribution < 1.29 is 32.4 Å². The van der Waals surface area contributed by atoms with Crippen LogP contribution in [0.4, 0.5) is 18.9 Å². The molecule has 0 radical (unpaired) electrons. The van der Waals surface area contributed by atoms with E-state index < -0.39 is 36.0 Å². The third-order valence-electron chi connectivity index (χ3n) is 6.44. The van der Waals surface area contributed by atoms with E-state index in [-0.39, 0.29) is 37.3 Å². The van der Waals surface area contributed by atoms with Crippen molar-refractivity contribution in [2.75, 3.05) is 18.4 Å². The van der Waals surface area contributed by atoms with Gasteiger partial charge in [-0.15, -0.1) is 0 Å². The summed E-state index contributed by atoms with van der Waals surface area (Å²) < 4.78 is 39.5. The Labute approximate surface area is 213 Å². The minimum Gasteiger partial charge on any atom is -0.330 e. The van der Waals surface area contributed by atoms with Gasteiger partial charge in [-0.3, -0.25) is 9.59 Å². The van der Waals surface area contributed by atoms with E-state index in [9.17, 15) is 27.6 Å². The molecular formula is C26H31F3N4O4. The quantitative estimate of drug-likeness (QED) is 0.413. The molecule has 200 valence electrons. The molecule has 0 aromatic heterocycles. The third kappa shape index (κ3) is 6.86. The van der Waals surface area contributed by atoms with Crippen molar-refractivity contribution in [2.45, 2.75) is 56.7 Å². The molecule has 0 heterocycles. The molecule has 1 atom stereocenters. The summed E-state index contributed by atoms with van der Waals surface area (Å²) in [7, 11) is 0. The zero-order valence-electron chi connectivity index (χ0n) is 20.4. The Balaban J connectivity index is 2.05. The molecule has 3 rings (SSSR count). The summed E-state index contributed by atoms with van der Waals surface area (Å²) >= 11 is 0. The first-order chi connectivity index (χ1) is 17.6. The third-order valence-corrected chi connectivity index (χ3v) is 6.44. The molecule has 0 saturated carbocycles. The van der Waals surface area contributed by atoms with Crippen LogP contribution in [0.3, 0.4) is 0 Å². The number of nitrogens with two attached hydrogens (primary N) is 2. The number of aryl methyl sites for hydroxylation is 3. The van der Waals surface area contributed by atoms with Gasteiger partial charge >= 0.3 is 12.1 Å². The number of carbonyl (C=O) groups is 3. The Kier molecular flexibility index (Phi) is 9.28. The van der Waals surface area contributed by atoms with E-state index >= 15 is 0 Å². The van der Waals surface area contributed by atoms with Gasteiger partial charge in [0.2, 0.25) is 0 Å². The number of halogens is 3. The van der Waals surface area contributed by atoms with Gasteiger partial charge in [0, 0.05) is 5.69 Å². The number of hydrogen-bond donors (Lipinski definition) is 3. The maximum absolute atomic E-state index is 13.9. The van der Waals surface area contributed by atoms with Crippen molar-refractivity contribution in [1.82, 2.24) is 5.06 Å². The zero-order chi connectivity index (χ0) is 27.1. The van der Waals surface area contributed by atoms with Crippen LogP contribution in [0.5, 0.6) is 0 Å². The number of hydroxylamine groups is 2. The molecular weight excluding hydrogens is 489 g/mol. The standard InChI is InChI=1S/C26H31F3N4O4/c27-26(28,29)24(36)37-33(22(34)17-31)25(13-5-15-30,14-12-18-6-2-1-3-7-18)23(35)32-21-11-10-19-8-4-9-20(19)16-21/h1-3,6-7,10-11,16H,4-5,8-9,12-15,17,30-31H2,(H,32,35)/t25-/m1/s1. The molecule has 11 heteroatoms. The fourth-order valence-electron chi connectivity index (χ4n) is 4.53. The predicted octanol–water partition coefficient (Wildman–Crippen LogP) is 3.03. The summed E-state index contributed by atoms with van der Waals surface area (Å²) in [6.07, 6.45) is -2.61. The number of benzene rings is 2. The number of rotatable bonds is 10. The van der Waals surface area contributed by atoms with Crippen molar-refractivity contribution in [3.8, 4) is 0 Å². The maximum Gasteiger partial charge on any atom is 0.493 e. The summed E-state index contributed by atoms with van der Waals surface area (Å²) in [5.41, 5.74) is 12.6. The lowest BCUT2D eigenvalue weighted by Crippen LogP contribution is -2.61. The second-order valence-electron chi connectivity index (χ2n) is 8.97. The molecule has 0 fully saturated rings. The molecule has 1 aliphatic carbocycles. The molecule has 2 aromatic rings. The molecule has 0 aliphatic heterocycles. The highest BCUT2D eigenvalue weighted by molar-refractivity contribution is 6.01. The molecule has 37 heavy (non-hydrogen) atoms. The van der Waals surface area contributed by atoms with E-state index in [4.69, 9.17) is 11.5 Å². The van der Waals surface area contributed by atoms with E-state index in [0.29, 0.717) is 5.69 Å². The molecule has 5 N–H and O–H groups in total. The van der Waals surface area contributed by atoms with E-state index in [0.717, 1.165) is 36.0 Å². The number of carbonyl (C=O) groups excluding carboxylic acids is 3. The molecule has 2 amide bonds. The lowest BCUT2D eigenvalue weighted by molar-refractivity contribution is -0.253. The number of nitrogens with zero attached hydrogens (tertiary/aromatic N) is 1. The van der Waals surface area contributed by atoms with Crippen LogP contribution in [0.2, 0.25) is 0 Å². The van der Waals surface area contributed by atoms with Crippen molar-refractivity contribution in [3.05, 3.63) is 65.2 Å². The van der Waals surface area contributed by atoms with Crippen molar-refractivity contribution in [3.63, 3.8) is 0 Å². The Morgan fingerprint density at radius 2 is 1.68 bits per heavy atom. The SMILES string of the molecule is NCCC[C@@](CCc1ccccc1)(C(=O)Nc1ccc2c(c1)CCC2)N(OC(=O)C(F)(F)F)C(=O)CN. The van der Waals surface area contributed by atoms with Crippen LogP contribution in [0, 0.1) is 0 Å². The number of anilines is 1. The van der Waals surface area contributed by atoms with Gasteiger partial charge in [-0.2, -0.15) is 18.2 Å². The van der Waals surface area contributed by atoms with E-state index in [1.165, 1.54) is 0 Å². The van der Waals surface area contributed by atoms with Gasteiger partial charge in [0.1, 0.15) is 0 Å². The normalized spacial score (nSPS) is 14.4. The summed E-state index contributed by atoms with van der Waals surface area (Å²) in [4.78, 5) is 43.2. The van der Waals surface area contributed by atoms with Gasteiger partial charge in [0.05, 0.1) is 6.54 Å².